The Kier molecular flexibility index (Phi) is 2.45. The molecular formula is C8H13ClN4O. The molecule has 78 valence electrons. The van der Waals surface area contributed by atoms with Crippen molar-refractivity contribution < 1.29 is 4.74 Å². The number of tetrazole rings is 1. The first-order valence-electron chi connectivity index (χ1n) is 4.62. The van der Waals surface area contributed by atoms with Crippen molar-refractivity contribution in [2.45, 2.75) is 37.8 Å². The highest BCUT2D eigenvalue weighted by atomic mass is 35.5. The van der Waals surface area contributed by atoms with Crippen LogP contribution in [0.2, 0.25) is 0 Å². The van der Waals surface area contributed by atoms with Gasteiger partial charge in [-0.15, -0.1) is 16.7 Å². The molecule has 1 fully saturated rings. The second-order valence-corrected chi connectivity index (χ2v) is 4.20. The average molecular weight is 217 g/mol. The van der Waals surface area contributed by atoms with Crippen LogP contribution >= 0.6 is 11.6 Å². The fraction of sp³-hybridized carbons (Fsp3) is 0.875. The molecule has 0 radical (unpaired) electrons. The number of alkyl halides is 1. The van der Waals surface area contributed by atoms with Crippen LogP contribution in [0.15, 0.2) is 0 Å². The van der Waals surface area contributed by atoms with Crippen LogP contribution in [-0.2, 0) is 10.6 Å². The SMILES string of the molecule is CC1(C)OCCC1n1nnnc1CCl. The summed E-state index contributed by atoms with van der Waals surface area (Å²) in [4.78, 5) is 0. The van der Waals surface area contributed by atoms with Gasteiger partial charge in [-0.05, 0) is 30.7 Å². The second-order valence-electron chi connectivity index (χ2n) is 3.93. The molecule has 6 heteroatoms. The molecule has 0 saturated carbocycles. The van der Waals surface area contributed by atoms with Crippen LogP contribution in [0.3, 0.4) is 0 Å². The maximum absolute atomic E-state index is 5.74. The van der Waals surface area contributed by atoms with E-state index in [1.807, 2.05) is 13.8 Å². The van der Waals surface area contributed by atoms with Crippen molar-refractivity contribution in [1.29, 1.82) is 0 Å². The molecule has 2 rings (SSSR count). The summed E-state index contributed by atoms with van der Waals surface area (Å²) in [7, 11) is 0. The van der Waals surface area contributed by atoms with E-state index in [1.54, 1.807) is 4.68 Å². The van der Waals surface area contributed by atoms with Crippen LogP contribution in [0, 0.1) is 0 Å². The monoisotopic (exact) mass is 216 g/mol. The highest BCUT2D eigenvalue weighted by Gasteiger charge is 2.39. The fourth-order valence-corrected chi connectivity index (χ4v) is 2.01. The van der Waals surface area contributed by atoms with Crippen LogP contribution in [0.4, 0.5) is 0 Å². The smallest absolute Gasteiger partial charge is 0.166 e. The van der Waals surface area contributed by atoms with Gasteiger partial charge in [0.15, 0.2) is 5.82 Å². The molecule has 1 aromatic rings. The molecule has 1 saturated heterocycles. The Hall–Kier alpha value is -0.680. The first-order chi connectivity index (χ1) is 6.65. The molecule has 1 atom stereocenters. The molecule has 0 N–H and O–H groups in total. The van der Waals surface area contributed by atoms with Crippen molar-refractivity contribution in [2.75, 3.05) is 6.61 Å². The maximum Gasteiger partial charge on any atom is 0.166 e. The van der Waals surface area contributed by atoms with Crippen molar-refractivity contribution in [3.05, 3.63) is 5.82 Å². The van der Waals surface area contributed by atoms with Gasteiger partial charge in [0.05, 0.1) is 17.5 Å². The number of hydrogen-bond acceptors (Lipinski definition) is 4. The van der Waals surface area contributed by atoms with Crippen LogP contribution in [0.1, 0.15) is 32.1 Å². The molecule has 1 unspecified atom stereocenters. The van der Waals surface area contributed by atoms with Gasteiger partial charge in [-0.25, -0.2) is 4.68 Å². The van der Waals surface area contributed by atoms with E-state index in [0.717, 1.165) is 13.0 Å². The molecular weight excluding hydrogens is 204 g/mol. The third-order valence-corrected chi connectivity index (χ3v) is 2.88. The van der Waals surface area contributed by atoms with Crippen molar-refractivity contribution >= 4 is 11.6 Å². The maximum atomic E-state index is 5.74. The Morgan fingerprint density at radius 1 is 1.64 bits per heavy atom. The zero-order valence-electron chi connectivity index (χ0n) is 8.27. The predicted molar refractivity (Wildman–Crippen MR) is 51.1 cm³/mol. The summed E-state index contributed by atoms with van der Waals surface area (Å²) in [6.45, 7) is 4.84. The van der Waals surface area contributed by atoms with Gasteiger partial charge in [0.25, 0.3) is 0 Å². The molecule has 1 aliphatic rings. The highest BCUT2D eigenvalue weighted by molar-refractivity contribution is 6.16. The minimum absolute atomic E-state index is 0.186. The summed E-state index contributed by atoms with van der Waals surface area (Å²) >= 11 is 5.74. The van der Waals surface area contributed by atoms with Crippen molar-refractivity contribution in [3.8, 4) is 0 Å². The highest BCUT2D eigenvalue weighted by Crippen LogP contribution is 2.35. The molecule has 0 aromatic carbocycles. The van der Waals surface area contributed by atoms with E-state index in [2.05, 4.69) is 15.5 Å². The molecule has 0 bridgehead atoms. The summed E-state index contributed by atoms with van der Waals surface area (Å²) in [6, 6.07) is 0.186. The largest absolute Gasteiger partial charge is 0.373 e. The van der Waals surface area contributed by atoms with Gasteiger partial charge < -0.3 is 4.74 Å². The number of rotatable bonds is 2. The molecule has 2 heterocycles. The normalized spacial score (nSPS) is 25.5. The van der Waals surface area contributed by atoms with Gasteiger partial charge in [-0.1, -0.05) is 0 Å². The van der Waals surface area contributed by atoms with Crippen LogP contribution in [0.25, 0.3) is 0 Å². The zero-order chi connectivity index (χ0) is 10.2. The van der Waals surface area contributed by atoms with Crippen LogP contribution in [0.5, 0.6) is 0 Å². The average Bonchev–Trinajstić information content (AvgIpc) is 2.69. The second kappa shape index (κ2) is 3.47. The minimum atomic E-state index is -0.212. The van der Waals surface area contributed by atoms with E-state index in [1.165, 1.54) is 0 Å². The first kappa shape index (κ1) is 9.86. The Labute approximate surface area is 87.4 Å². The van der Waals surface area contributed by atoms with Gasteiger partial charge in [0, 0.05) is 6.61 Å². The van der Waals surface area contributed by atoms with Gasteiger partial charge in [0.1, 0.15) is 0 Å². The number of ether oxygens (including phenoxy) is 1. The van der Waals surface area contributed by atoms with Gasteiger partial charge in [-0.2, -0.15) is 0 Å². The fourth-order valence-electron chi connectivity index (χ4n) is 1.84. The number of hydrogen-bond donors (Lipinski definition) is 0. The minimum Gasteiger partial charge on any atom is -0.373 e. The molecule has 14 heavy (non-hydrogen) atoms. The number of halogens is 1. The third kappa shape index (κ3) is 1.50. The standard InChI is InChI=1S/C8H13ClN4O/c1-8(2)6(3-4-14-8)13-7(5-9)10-11-12-13/h6H,3-5H2,1-2H3. The lowest BCUT2D eigenvalue weighted by molar-refractivity contribution is 0.0109. The summed E-state index contributed by atoms with van der Waals surface area (Å²) in [5.41, 5.74) is -0.212. The Bertz CT molecular complexity index is 325. The van der Waals surface area contributed by atoms with Gasteiger partial charge in [0.2, 0.25) is 0 Å². The summed E-state index contributed by atoms with van der Waals surface area (Å²) in [5, 5.41) is 11.4. The van der Waals surface area contributed by atoms with E-state index in [-0.39, 0.29) is 11.6 Å². The summed E-state index contributed by atoms with van der Waals surface area (Å²) in [5.74, 6) is 1.04. The molecule has 0 spiro atoms. The lowest BCUT2D eigenvalue weighted by atomic mass is 9.99. The Morgan fingerprint density at radius 3 is 3.00 bits per heavy atom. The molecule has 1 aromatic heterocycles. The van der Waals surface area contributed by atoms with Gasteiger partial charge in [-0.3, -0.25) is 0 Å². The van der Waals surface area contributed by atoms with Crippen molar-refractivity contribution in [1.82, 2.24) is 20.2 Å². The molecule has 0 amide bonds. The zero-order valence-corrected chi connectivity index (χ0v) is 9.03. The molecule has 0 aliphatic carbocycles. The number of nitrogens with zero attached hydrogens (tertiary/aromatic N) is 4. The van der Waals surface area contributed by atoms with Crippen LogP contribution in [-0.4, -0.2) is 32.4 Å². The van der Waals surface area contributed by atoms with E-state index < -0.39 is 0 Å². The quantitative estimate of drug-likeness (QED) is 0.696. The van der Waals surface area contributed by atoms with Crippen LogP contribution < -0.4 is 0 Å². The molecule has 1 aliphatic heterocycles. The van der Waals surface area contributed by atoms with E-state index in [0.29, 0.717) is 11.7 Å². The molecule has 5 nitrogen and oxygen atoms in total. The number of aromatic nitrogens is 4. The topological polar surface area (TPSA) is 52.8 Å². The lowest BCUT2D eigenvalue weighted by Gasteiger charge is -2.25. The van der Waals surface area contributed by atoms with E-state index in [4.69, 9.17) is 16.3 Å². The van der Waals surface area contributed by atoms with E-state index >= 15 is 0 Å². The third-order valence-electron chi connectivity index (χ3n) is 2.64. The summed E-state index contributed by atoms with van der Waals surface area (Å²) in [6.07, 6.45) is 0.932. The summed E-state index contributed by atoms with van der Waals surface area (Å²) < 4.78 is 7.39. The van der Waals surface area contributed by atoms with Gasteiger partial charge >= 0.3 is 0 Å². The van der Waals surface area contributed by atoms with Crippen molar-refractivity contribution in [2.24, 2.45) is 0 Å². The van der Waals surface area contributed by atoms with Crippen molar-refractivity contribution in [3.63, 3.8) is 0 Å². The predicted octanol–water partition coefficient (Wildman–Crippen LogP) is 1.15. The first-order valence-corrected chi connectivity index (χ1v) is 5.15. The lowest BCUT2D eigenvalue weighted by Crippen LogP contribution is -2.31. The van der Waals surface area contributed by atoms with E-state index in [9.17, 15) is 0 Å². The Morgan fingerprint density at radius 2 is 2.43 bits per heavy atom. The Balaban J connectivity index is 2.30.